The van der Waals surface area contributed by atoms with Crippen molar-refractivity contribution >= 4 is 17.2 Å². The fourth-order valence-corrected chi connectivity index (χ4v) is 5.76. The van der Waals surface area contributed by atoms with Crippen LogP contribution in [0.3, 0.4) is 0 Å². The summed E-state index contributed by atoms with van der Waals surface area (Å²) >= 11 is 1.59. The molecule has 6 heteroatoms. The number of carbonyl (C=O) groups excluding carboxylic acids is 1. The lowest BCUT2D eigenvalue weighted by Gasteiger charge is -2.25. The number of nitrogens with one attached hydrogen (secondary N) is 1. The molecule has 1 aromatic carbocycles. The van der Waals surface area contributed by atoms with Crippen molar-refractivity contribution < 1.29 is 13.9 Å². The maximum absolute atomic E-state index is 13.0. The van der Waals surface area contributed by atoms with Crippen molar-refractivity contribution in [3.05, 3.63) is 64.4 Å². The minimum atomic E-state index is 0.000199. The molecule has 0 spiro atoms. The Morgan fingerprint density at radius 1 is 1.20 bits per heavy atom. The molecule has 156 valence electrons. The zero-order valence-corrected chi connectivity index (χ0v) is 18.0. The average Bonchev–Trinajstić information content (AvgIpc) is 3.55. The van der Waals surface area contributed by atoms with Crippen LogP contribution in [0.4, 0.5) is 0 Å². The van der Waals surface area contributed by atoms with Gasteiger partial charge in [0.25, 0.3) is 5.91 Å². The highest BCUT2D eigenvalue weighted by molar-refractivity contribution is 7.17. The number of ether oxygens (including phenoxy) is 1. The van der Waals surface area contributed by atoms with Gasteiger partial charge in [0.1, 0.15) is 11.5 Å². The number of likely N-dealkylation sites (tertiary alicyclic amines) is 1. The summed E-state index contributed by atoms with van der Waals surface area (Å²) in [5.41, 5.74) is 3.79. The molecule has 3 heterocycles. The maximum atomic E-state index is 13.0. The second kappa shape index (κ2) is 8.28. The third-order valence-electron chi connectivity index (χ3n) is 6.16. The predicted molar refractivity (Wildman–Crippen MR) is 118 cm³/mol. The van der Waals surface area contributed by atoms with Gasteiger partial charge in [-0.3, -0.25) is 9.69 Å². The Hall–Kier alpha value is -2.57. The largest absolute Gasteiger partial charge is 0.497 e. The summed E-state index contributed by atoms with van der Waals surface area (Å²) in [6, 6.07) is 12.3. The van der Waals surface area contributed by atoms with Crippen LogP contribution in [0, 0.1) is 0 Å². The SMILES string of the molecule is COc1ccc2c(c1)CCc1cc(C(=O)NC[C@@H](c3ccco3)N3CCCC3)sc1-2. The lowest BCUT2D eigenvalue weighted by molar-refractivity contribution is 0.0938. The Kier molecular flexibility index (Phi) is 5.35. The molecule has 30 heavy (non-hydrogen) atoms. The van der Waals surface area contributed by atoms with Crippen molar-refractivity contribution in [1.82, 2.24) is 10.2 Å². The molecule has 5 nitrogen and oxygen atoms in total. The molecule has 5 rings (SSSR count). The summed E-state index contributed by atoms with van der Waals surface area (Å²) in [5, 5.41) is 3.17. The van der Waals surface area contributed by atoms with E-state index in [1.165, 1.54) is 34.4 Å². The molecule has 0 unspecified atom stereocenters. The van der Waals surface area contributed by atoms with Crippen molar-refractivity contribution in [3.8, 4) is 16.2 Å². The molecule has 1 fully saturated rings. The van der Waals surface area contributed by atoms with Gasteiger partial charge in [-0.25, -0.2) is 0 Å². The Bertz CT molecular complexity index is 1030. The minimum absolute atomic E-state index is 0.000199. The van der Waals surface area contributed by atoms with Gasteiger partial charge in [-0.2, -0.15) is 0 Å². The number of rotatable bonds is 6. The van der Waals surface area contributed by atoms with E-state index in [9.17, 15) is 4.79 Å². The molecule has 1 aliphatic heterocycles. The van der Waals surface area contributed by atoms with E-state index >= 15 is 0 Å². The van der Waals surface area contributed by atoms with E-state index in [0.29, 0.717) is 6.54 Å². The number of nitrogens with zero attached hydrogens (tertiary/aromatic N) is 1. The molecular weight excluding hydrogens is 396 g/mol. The highest BCUT2D eigenvalue weighted by Crippen LogP contribution is 2.40. The van der Waals surface area contributed by atoms with Gasteiger partial charge in [0.05, 0.1) is 24.3 Å². The van der Waals surface area contributed by atoms with Gasteiger partial charge < -0.3 is 14.5 Å². The third kappa shape index (κ3) is 3.66. The second-order valence-electron chi connectivity index (χ2n) is 7.97. The number of methoxy groups -OCH3 is 1. The number of hydrogen-bond donors (Lipinski definition) is 1. The smallest absolute Gasteiger partial charge is 0.261 e. The fourth-order valence-electron chi connectivity index (χ4n) is 4.57. The van der Waals surface area contributed by atoms with E-state index in [2.05, 4.69) is 28.4 Å². The van der Waals surface area contributed by atoms with E-state index in [4.69, 9.17) is 9.15 Å². The molecule has 0 bridgehead atoms. The fraction of sp³-hybridized carbons (Fsp3) is 0.375. The summed E-state index contributed by atoms with van der Waals surface area (Å²) in [5.74, 6) is 1.81. The number of furan rings is 1. The number of thiophene rings is 1. The van der Waals surface area contributed by atoms with Crippen LogP contribution < -0.4 is 10.1 Å². The first-order chi connectivity index (χ1) is 14.7. The summed E-state index contributed by atoms with van der Waals surface area (Å²) in [6.07, 6.45) is 6.05. The first-order valence-electron chi connectivity index (χ1n) is 10.6. The molecule has 2 aromatic heterocycles. The maximum Gasteiger partial charge on any atom is 0.261 e. The quantitative estimate of drug-likeness (QED) is 0.627. The number of hydrogen-bond acceptors (Lipinski definition) is 5. The second-order valence-corrected chi connectivity index (χ2v) is 9.02. The Morgan fingerprint density at radius 3 is 2.80 bits per heavy atom. The Labute approximate surface area is 180 Å². The van der Waals surface area contributed by atoms with Gasteiger partial charge in [-0.1, -0.05) is 0 Å². The van der Waals surface area contributed by atoms with Crippen molar-refractivity contribution in [2.75, 3.05) is 26.7 Å². The van der Waals surface area contributed by atoms with Gasteiger partial charge >= 0.3 is 0 Å². The van der Waals surface area contributed by atoms with Crippen LogP contribution in [0.1, 0.15) is 45.4 Å². The molecule has 3 aromatic rings. The number of amides is 1. The third-order valence-corrected chi connectivity index (χ3v) is 7.37. The first-order valence-corrected chi connectivity index (χ1v) is 11.4. The molecule has 0 radical (unpaired) electrons. The van der Waals surface area contributed by atoms with Gasteiger partial charge in [0, 0.05) is 11.4 Å². The van der Waals surface area contributed by atoms with Crippen LogP contribution >= 0.6 is 11.3 Å². The summed E-state index contributed by atoms with van der Waals surface area (Å²) < 4.78 is 11.0. The summed E-state index contributed by atoms with van der Waals surface area (Å²) in [7, 11) is 1.70. The molecule has 1 saturated heterocycles. The van der Waals surface area contributed by atoms with Crippen molar-refractivity contribution in [1.29, 1.82) is 0 Å². The van der Waals surface area contributed by atoms with Crippen molar-refractivity contribution in [2.24, 2.45) is 0 Å². The Balaban J connectivity index is 1.33. The van der Waals surface area contributed by atoms with Crippen LogP contribution in [-0.2, 0) is 12.8 Å². The topological polar surface area (TPSA) is 54.7 Å². The number of benzene rings is 1. The average molecular weight is 423 g/mol. The lowest BCUT2D eigenvalue weighted by Crippen LogP contribution is -2.36. The van der Waals surface area contributed by atoms with Crippen LogP contribution in [0.15, 0.2) is 47.1 Å². The van der Waals surface area contributed by atoms with Gasteiger partial charge in [-0.15, -0.1) is 11.3 Å². The molecule has 1 aliphatic carbocycles. The number of carbonyl (C=O) groups is 1. The van der Waals surface area contributed by atoms with Crippen LogP contribution in [0.25, 0.3) is 10.4 Å². The highest BCUT2D eigenvalue weighted by Gasteiger charge is 2.27. The monoisotopic (exact) mass is 422 g/mol. The van der Waals surface area contributed by atoms with E-state index in [-0.39, 0.29) is 11.9 Å². The number of fused-ring (bicyclic) bond motifs is 3. The van der Waals surface area contributed by atoms with Crippen molar-refractivity contribution in [2.45, 2.75) is 31.7 Å². The van der Waals surface area contributed by atoms with Crippen LogP contribution in [0.2, 0.25) is 0 Å². The normalized spacial score (nSPS) is 16.7. The first kappa shape index (κ1) is 19.4. The molecule has 1 amide bonds. The van der Waals surface area contributed by atoms with Gasteiger partial charge in [0.2, 0.25) is 0 Å². The van der Waals surface area contributed by atoms with Crippen LogP contribution in [-0.4, -0.2) is 37.6 Å². The standard InChI is InChI=1S/C24H26N2O3S/c1-28-18-8-9-19-16(13-18)6-7-17-14-22(30-23(17)19)24(27)25-15-20(21-5-4-12-29-21)26-10-2-3-11-26/h4-5,8-9,12-14,20H,2-3,6-7,10-11,15H2,1H3,(H,25,27)/t20-/m0/s1. The minimum Gasteiger partial charge on any atom is -0.497 e. The molecule has 2 aliphatic rings. The van der Waals surface area contributed by atoms with Crippen LogP contribution in [0.5, 0.6) is 5.75 Å². The number of aryl methyl sites for hydroxylation is 2. The Morgan fingerprint density at radius 2 is 2.03 bits per heavy atom. The molecule has 0 saturated carbocycles. The van der Waals surface area contributed by atoms with E-state index in [1.807, 2.05) is 18.2 Å². The van der Waals surface area contributed by atoms with Gasteiger partial charge in [0.15, 0.2) is 0 Å². The van der Waals surface area contributed by atoms with Gasteiger partial charge in [-0.05, 0) is 91.9 Å². The zero-order chi connectivity index (χ0) is 20.5. The summed E-state index contributed by atoms with van der Waals surface area (Å²) in [4.78, 5) is 17.4. The van der Waals surface area contributed by atoms with Crippen molar-refractivity contribution in [3.63, 3.8) is 0 Å². The lowest BCUT2D eigenvalue weighted by atomic mass is 9.91. The zero-order valence-electron chi connectivity index (χ0n) is 17.1. The summed E-state index contributed by atoms with van der Waals surface area (Å²) in [6.45, 7) is 2.66. The predicted octanol–water partition coefficient (Wildman–Crippen LogP) is 4.68. The molecule has 1 atom stereocenters. The van der Waals surface area contributed by atoms with E-state index in [0.717, 1.165) is 42.3 Å². The molecule has 1 N–H and O–H groups in total. The highest BCUT2D eigenvalue weighted by atomic mass is 32.1. The van der Waals surface area contributed by atoms with E-state index < -0.39 is 0 Å². The molecular formula is C24H26N2O3S. The van der Waals surface area contributed by atoms with E-state index in [1.54, 1.807) is 24.7 Å².